The number of methoxy groups -OCH3 is 2. The van der Waals surface area contributed by atoms with Crippen molar-refractivity contribution >= 4 is 11.8 Å². The van der Waals surface area contributed by atoms with E-state index in [2.05, 4.69) is 52.0 Å². The van der Waals surface area contributed by atoms with Gasteiger partial charge in [-0.15, -0.1) is 10.2 Å². The van der Waals surface area contributed by atoms with Crippen LogP contribution in [-0.2, 0) is 5.75 Å². The fourth-order valence-corrected chi connectivity index (χ4v) is 4.02. The van der Waals surface area contributed by atoms with E-state index in [9.17, 15) is 0 Å². The number of aryl methyl sites for hydroxylation is 1. The number of thioether (sulfide) groups is 1. The molecule has 30 heavy (non-hydrogen) atoms. The molecule has 0 saturated carbocycles. The third kappa shape index (κ3) is 4.33. The van der Waals surface area contributed by atoms with Crippen LogP contribution in [0.4, 0.5) is 0 Å². The first-order valence-electron chi connectivity index (χ1n) is 9.60. The van der Waals surface area contributed by atoms with Crippen molar-refractivity contribution in [3.05, 3.63) is 83.9 Å². The lowest BCUT2D eigenvalue weighted by Crippen LogP contribution is -2.00. The Kier molecular flexibility index (Phi) is 6.05. The van der Waals surface area contributed by atoms with E-state index >= 15 is 0 Å². The maximum absolute atomic E-state index is 5.34. The van der Waals surface area contributed by atoms with E-state index in [-0.39, 0.29) is 0 Å². The molecule has 0 aliphatic rings. The van der Waals surface area contributed by atoms with Gasteiger partial charge >= 0.3 is 0 Å². The molecule has 0 unspecified atom stereocenters. The van der Waals surface area contributed by atoms with Crippen LogP contribution in [0.15, 0.2) is 78.0 Å². The fourth-order valence-electron chi connectivity index (χ4n) is 3.13. The van der Waals surface area contributed by atoms with Crippen LogP contribution in [-0.4, -0.2) is 29.0 Å². The van der Waals surface area contributed by atoms with Gasteiger partial charge in [-0.3, -0.25) is 4.57 Å². The second-order valence-electron chi connectivity index (χ2n) is 6.85. The highest BCUT2D eigenvalue weighted by molar-refractivity contribution is 7.98. The van der Waals surface area contributed by atoms with E-state index in [1.54, 1.807) is 26.0 Å². The Morgan fingerprint density at radius 1 is 0.833 bits per heavy atom. The van der Waals surface area contributed by atoms with Crippen LogP contribution in [0, 0.1) is 6.92 Å². The molecular weight excluding hydrogens is 394 g/mol. The summed E-state index contributed by atoms with van der Waals surface area (Å²) in [5, 5.41) is 9.86. The van der Waals surface area contributed by atoms with Gasteiger partial charge in [-0.1, -0.05) is 41.6 Å². The molecule has 1 heterocycles. The molecule has 0 amide bonds. The number of ether oxygens (including phenoxy) is 2. The van der Waals surface area contributed by atoms with Crippen LogP contribution in [0.5, 0.6) is 11.5 Å². The maximum Gasteiger partial charge on any atom is 0.196 e. The van der Waals surface area contributed by atoms with Gasteiger partial charge in [0.25, 0.3) is 0 Å². The van der Waals surface area contributed by atoms with Gasteiger partial charge in [0, 0.05) is 17.0 Å². The van der Waals surface area contributed by atoms with Gasteiger partial charge in [0.1, 0.15) is 11.5 Å². The minimum atomic E-state index is 0.768. The molecule has 0 N–H and O–H groups in total. The molecule has 1 aromatic heterocycles. The molecule has 5 nitrogen and oxygen atoms in total. The Hall–Kier alpha value is -3.25. The molecule has 0 atom stereocenters. The Balaban J connectivity index is 1.70. The van der Waals surface area contributed by atoms with Gasteiger partial charge in [0.2, 0.25) is 0 Å². The summed E-state index contributed by atoms with van der Waals surface area (Å²) in [5.41, 5.74) is 4.40. The molecule has 0 aliphatic carbocycles. The highest BCUT2D eigenvalue weighted by Gasteiger charge is 2.16. The normalized spacial score (nSPS) is 10.8. The monoisotopic (exact) mass is 417 g/mol. The molecule has 0 spiro atoms. The van der Waals surface area contributed by atoms with E-state index in [0.29, 0.717) is 0 Å². The number of hydrogen-bond donors (Lipinski definition) is 0. The van der Waals surface area contributed by atoms with Crippen molar-refractivity contribution in [3.63, 3.8) is 0 Å². The summed E-state index contributed by atoms with van der Waals surface area (Å²) in [7, 11) is 3.35. The largest absolute Gasteiger partial charge is 0.497 e. The van der Waals surface area contributed by atoms with Gasteiger partial charge in [-0.2, -0.15) is 0 Å². The van der Waals surface area contributed by atoms with Gasteiger partial charge in [0.05, 0.1) is 14.2 Å². The lowest BCUT2D eigenvalue weighted by Gasteiger charge is -2.11. The first-order valence-corrected chi connectivity index (χ1v) is 10.6. The van der Waals surface area contributed by atoms with E-state index < -0.39 is 0 Å². The van der Waals surface area contributed by atoms with Crippen LogP contribution in [0.1, 0.15) is 11.1 Å². The summed E-state index contributed by atoms with van der Waals surface area (Å²) in [6.45, 7) is 2.08. The second kappa shape index (κ2) is 9.05. The lowest BCUT2D eigenvalue weighted by atomic mass is 10.2. The predicted molar refractivity (Wildman–Crippen MR) is 121 cm³/mol. The van der Waals surface area contributed by atoms with Crippen LogP contribution >= 0.6 is 11.8 Å². The highest BCUT2D eigenvalue weighted by Crippen LogP contribution is 2.31. The Morgan fingerprint density at radius 3 is 2.27 bits per heavy atom. The first kappa shape index (κ1) is 20.0. The summed E-state index contributed by atoms with van der Waals surface area (Å²) in [6, 6.07) is 24.4. The molecular formula is C24H23N3O2S. The number of benzene rings is 3. The molecule has 0 bridgehead atoms. The summed E-state index contributed by atoms with van der Waals surface area (Å²) >= 11 is 1.65. The Morgan fingerprint density at radius 2 is 1.57 bits per heavy atom. The van der Waals surface area contributed by atoms with Crippen LogP contribution in [0.2, 0.25) is 0 Å². The second-order valence-corrected chi connectivity index (χ2v) is 7.79. The van der Waals surface area contributed by atoms with Gasteiger partial charge < -0.3 is 9.47 Å². The van der Waals surface area contributed by atoms with Crippen molar-refractivity contribution in [1.29, 1.82) is 0 Å². The van der Waals surface area contributed by atoms with Crippen molar-refractivity contribution in [2.45, 2.75) is 17.8 Å². The standard InChI is InChI=1S/C24H23N3O2S/c1-17-7-11-20(12-8-17)27-23(19-9-13-21(28-2)14-10-19)25-26-24(27)30-16-18-5-4-6-22(15-18)29-3/h4-15H,16H2,1-3H3. The molecule has 4 aromatic rings. The molecule has 4 rings (SSSR count). The molecule has 6 heteroatoms. The summed E-state index contributed by atoms with van der Waals surface area (Å²) in [4.78, 5) is 0. The van der Waals surface area contributed by atoms with Crippen LogP contribution in [0.25, 0.3) is 17.1 Å². The van der Waals surface area contributed by atoms with Crippen LogP contribution < -0.4 is 9.47 Å². The lowest BCUT2D eigenvalue weighted by molar-refractivity contribution is 0.414. The molecule has 0 saturated heterocycles. The van der Waals surface area contributed by atoms with E-state index in [1.807, 2.05) is 42.5 Å². The number of hydrogen-bond acceptors (Lipinski definition) is 5. The molecule has 3 aromatic carbocycles. The summed E-state index contributed by atoms with van der Waals surface area (Å²) < 4.78 is 12.7. The number of nitrogens with zero attached hydrogens (tertiary/aromatic N) is 3. The average molecular weight is 418 g/mol. The average Bonchev–Trinajstić information content (AvgIpc) is 3.22. The Labute approximate surface area is 180 Å². The minimum absolute atomic E-state index is 0.768. The van der Waals surface area contributed by atoms with Gasteiger partial charge in [-0.05, 0) is 61.0 Å². The zero-order chi connectivity index (χ0) is 20.9. The van der Waals surface area contributed by atoms with E-state index in [1.165, 1.54) is 11.1 Å². The smallest absolute Gasteiger partial charge is 0.196 e. The number of rotatable bonds is 7. The van der Waals surface area contributed by atoms with Crippen LogP contribution in [0.3, 0.4) is 0 Å². The topological polar surface area (TPSA) is 49.2 Å². The SMILES string of the molecule is COc1ccc(-c2nnc(SCc3cccc(OC)c3)n2-c2ccc(C)cc2)cc1. The predicted octanol–water partition coefficient (Wildman–Crippen LogP) is 5.55. The summed E-state index contributed by atoms with van der Waals surface area (Å²) in [6.07, 6.45) is 0. The zero-order valence-corrected chi connectivity index (χ0v) is 18.0. The van der Waals surface area contributed by atoms with Gasteiger partial charge in [-0.25, -0.2) is 0 Å². The van der Waals surface area contributed by atoms with Crippen molar-refractivity contribution in [2.24, 2.45) is 0 Å². The van der Waals surface area contributed by atoms with E-state index in [4.69, 9.17) is 9.47 Å². The Bertz CT molecular complexity index is 1120. The first-order chi connectivity index (χ1) is 14.7. The van der Waals surface area contributed by atoms with Crippen molar-refractivity contribution in [3.8, 4) is 28.6 Å². The van der Waals surface area contributed by atoms with Gasteiger partial charge in [0.15, 0.2) is 11.0 Å². The quantitative estimate of drug-likeness (QED) is 0.369. The molecule has 0 aliphatic heterocycles. The zero-order valence-electron chi connectivity index (χ0n) is 17.2. The third-order valence-corrected chi connectivity index (χ3v) is 5.78. The van der Waals surface area contributed by atoms with Crippen molar-refractivity contribution in [2.75, 3.05) is 14.2 Å². The number of aromatic nitrogens is 3. The van der Waals surface area contributed by atoms with Crippen molar-refractivity contribution < 1.29 is 9.47 Å². The fraction of sp³-hybridized carbons (Fsp3) is 0.167. The summed E-state index contributed by atoms with van der Waals surface area (Å²) in [5.74, 6) is 3.23. The highest BCUT2D eigenvalue weighted by atomic mass is 32.2. The van der Waals surface area contributed by atoms with E-state index in [0.717, 1.165) is 39.5 Å². The molecule has 0 radical (unpaired) electrons. The maximum atomic E-state index is 5.34. The third-order valence-electron chi connectivity index (χ3n) is 4.78. The molecule has 0 fully saturated rings. The molecule has 152 valence electrons. The minimum Gasteiger partial charge on any atom is -0.497 e. The van der Waals surface area contributed by atoms with Crippen molar-refractivity contribution in [1.82, 2.24) is 14.8 Å².